The average Bonchev–Trinajstić information content (AvgIpc) is 2.56. The summed E-state index contributed by atoms with van der Waals surface area (Å²) >= 11 is 11.4. The fourth-order valence-electron chi connectivity index (χ4n) is 2.08. The van der Waals surface area contributed by atoms with Crippen LogP contribution in [0, 0.1) is 0 Å². The fraction of sp³-hybridized carbons (Fsp3) is 0.250. The molecule has 24 heavy (non-hydrogen) atoms. The van der Waals surface area contributed by atoms with E-state index in [0.29, 0.717) is 6.42 Å². The normalized spacial score (nSPS) is 11.8. The summed E-state index contributed by atoms with van der Waals surface area (Å²) in [6.07, 6.45) is 1.55. The minimum absolute atomic E-state index is 0.0176. The molecule has 1 atom stereocenters. The zero-order chi connectivity index (χ0) is 17.7. The zero-order valence-electron chi connectivity index (χ0n) is 12.8. The Morgan fingerprint density at radius 3 is 2.54 bits per heavy atom. The zero-order valence-corrected chi connectivity index (χ0v) is 14.3. The van der Waals surface area contributed by atoms with E-state index in [1.807, 2.05) is 30.3 Å². The van der Waals surface area contributed by atoms with Gasteiger partial charge >= 0.3 is 0 Å². The van der Waals surface area contributed by atoms with E-state index in [-0.39, 0.29) is 22.4 Å². The van der Waals surface area contributed by atoms with Crippen LogP contribution >= 0.6 is 23.2 Å². The molecule has 0 fully saturated rings. The van der Waals surface area contributed by atoms with Gasteiger partial charge in [0.05, 0.1) is 17.3 Å². The predicted molar refractivity (Wildman–Crippen MR) is 91.3 cm³/mol. The average molecular weight is 368 g/mol. The van der Waals surface area contributed by atoms with E-state index in [4.69, 9.17) is 23.2 Å². The first-order valence-corrected chi connectivity index (χ1v) is 7.89. The number of hydrogen-bond donors (Lipinski definition) is 1. The fourth-order valence-corrected chi connectivity index (χ4v) is 2.35. The Morgan fingerprint density at radius 2 is 1.92 bits per heavy atom. The molecule has 0 aliphatic carbocycles. The Balaban J connectivity index is 2.07. The summed E-state index contributed by atoms with van der Waals surface area (Å²) in [4.78, 5) is 35.8. The number of amides is 1. The lowest BCUT2D eigenvalue weighted by Gasteiger charge is -2.16. The topological polar surface area (TPSA) is 81.1 Å². The lowest BCUT2D eigenvalue weighted by Crippen LogP contribution is -2.44. The third-order valence-electron chi connectivity index (χ3n) is 3.34. The van der Waals surface area contributed by atoms with Crippen LogP contribution in [0.25, 0.3) is 0 Å². The molecular formula is C16H15Cl2N3O3. The van der Waals surface area contributed by atoms with Crippen LogP contribution in [0.2, 0.25) is 10.0 Å². The molecule has 1 aromatic heterocycles. The van der Waals surface area contributed by atoms with E-state index in [1.54, 1.807) is 0 Å². The largest absolute Gasteiger partial charge is 0.344 e. The summed E-state index contributed by atoms with van der Waals surface area (Å²) in [6, 6.07) is 8.63. The van der Waals surface area contributed by atoms with Gasteiger partial charge in [0.2, 0.25) is 5.91 Å². The number of ketones is 1. The maximum atomic E-state index is 12.1. The summed E-state index contributed by atoms with van der Waals surface area (Å²) < 4.78 is 0.892. The molecule has 0 spiro atoms. The van der Waals surface area contributed by atoms with Crippen molar-refractivity contribution in [1.82, 2.24) is 15.1 Å². The van der Waals surface area contributed by atoms with E-state index in [2.05, 4.69) is 10.4 Å². The highest BCUT2D eigenvalue weighted by molar-refractivity contribution is 6.41. The van der Waals surface area contributed by atoms with Crippen molar-refractivity contribution in [3.05, 3.63) is 62.5 Å². The predicted octanol–water partition coefficient (Wildman–Crippen LogP) is 1.87. The van der Waals surface area contributed by atoms with E-state index in [0.717, 1.165) is 10.2 Å². The van der Waals surface area contributed by atoms with Crippen molar-refractivity contribution in [2.45, 2.75) is 25.9 Å². The lowest BCUT2D eigenvalue weighted by atomic mass is 10.0. The first-order chi connectivity index (χ1) is 11.4. The molecule has 0 aliphatic rings. The van der Waals surface area contributed by atoms with E-state index < -0.39 is 17.5 Å². The molecule has 0 radical (unpaired) electrons. The molecule has 0 saturated heterocycles. The number of halogens is 2. The molecule has 126 valence electrons. The number of nitrogens with one attached hydrogen (secondary N) is 1. The number of carbonyl (C=O) groups excluding carboxylic acids is 2. The van der Waals surface area contributed by atoms with Gasteiger partial charge in [0.1, 0.15) is 11.6 Å². The minimum atomic E-state index is -0.682. The first kappa shape index (κ1) is 18.2. The van der Waals surface area contributed by atoms with Crippen LogP contribution in [0.3, 0.4) is 0 Å². The molecule has 0 unspecified atom stereocenters. The van der Waals surface area contributed by atoms with Gasteiger partial charge in [0.25, 0.3) is 5.56 Å². The SMILES string of the molecule is CC(=O)[C@@H](Cc1ccccc1)NC(=O)Cn1ncc(Cl)c(Cl)c1=O. The van der Waals surface area contributed by atoms with Gasteiger partial charge < -0.3 is 5.32 Å². The van der Waals surface area contributed by atoms with Crippen molar-refractivity contribution in [3.8, 4) is 0 Å². The standard InChI is InChI=1S/C16H15Cl2N3O3/c1-10(22)13(7-11-5-3-2-4-6-11)20-14(23)9-21-16(24)15(18)12(17)8-19-21/h2-6,8,13H,7,9H2,1H3,(H,20,23)/t13-/m1/s1. The van der Waals surface area contributed by atoms with Crippen LogP contribution in [-0.2, 0) is 22.6 Å². The van der Waals surface area contributed by atoms with Gasteiger partial charge in [-0.15, -0.1) is 0 Å². The smallest absolute Gasteiger partial charge is 0.287 e. The number of aromatic nitrogens is 2. The van der Waals surface area contributed by atoms with Crippen LogP contribution in [0.1, 0.15) is 12.5 Å². The number of benzene rings is 1. The molecule has 0 saturated carbocycles. The highest BCUT2D eigenvalue weighted by atomic mass is 35.5. The molecule has 1 amide bonds. The Morgan fingerprint density at radius 1 is 1.25 bits per heavy atom. The number of nitrogens with zero attached hydrogens (tertiary/aromatic N) is 2. The van der Waals surface area contributed by atoms with Crippen molar-refractivity contribution in [1.29, 1.82) is 0 Å². The van der Waals surface area contributed by atoms with Gasteiger partial charge in [-0.2, -0.15) is 5.10 Å². The first-order valence-electron chi connectivity index (χ1n) is 7.13. The maximum absolute atomic E-state index is 12.1. The van der Waals surface area contributed by atoms with Crippen molar-refractivity contribution < 1.29 is 9.59 Å². The van der Waals surface area contributed by atoms with Gasteiger partial charge in [-0.3, -0.25) is 14.4 Å². The number of carbonyl (C=O) groups is 2. The van der Waals surface area contributed by atoms with Crippen LogP contribution in [0.15, 0.2) is 41.3 Å². The molecule has 0 bridgehead atoms. The van der Waals surface area contributed by atoms with Gasteiger partial charge in [0.15, 0.2) is 5.78 Å². The highest BCUT2D eigenvalue weighted by Crippen LogP contribution is 2.14. The van der Waals surface area contributed by atoms with Crippen molar-refractivity contribution >= 4 is 34.9 Å². The number of Topliss-reactive ketones (excluding diaryl/α,β-unsaturated/α-hetero) is 1. The second-order valence-electron chi connectivity index (χ2n) is 5.19. The number of rotatable bonds is 6. The molecule has 8 heteroatoms. The molecule has 6 nitrogen and oxygen atoms in total. The Hall–Kier alpha value is -2.18. The number of hydrogen-bond acceptors (Lipinski definition) is 4. The van der Waals surface area contributed by atoms with E-state index in [9.17, 15) is 14.4 Å². The van der Waals surface area contributed by atoms with Gasteiger partial charge in [-0.25, -0.2) is 4.68 Å². The van der Waals surface area contributed by atoms with Crippen molar-refractivity contribution in [2.75, 3.05) is 0 Å². The van der Waals surface area contributed by atoms with Gasteiger partial charge in [0, 0.05) is 0 Å². The summed E-state index contributed by atoms with van der Waals surface area (Å²) in [6.45, 7) is 1.05. The van der Waals surface area contributed by atoms with Crippen molar-refractivity contribution in [3.63, 3.8) is 0 Å². The van der Waals surface area contributed by atoms with Gasteiger partial charge in [-0.05, 0) is 18.9 Å². The van der Waals surface area contributed by atoms with Crippen LogP contribution < -0.4 is 10.9 Å². The summed E-state index contributed by atoms with van der Waals surface area (Å²) in [5.41, 5.74) is 0.254. The lowest BCUT2D eigenvalue weighted by molar-refractivity contribution is -0.127. The molecule has 0 aliphatic heterocycles. The third-order valence-corrected chi connectivity index (χ3v) is 4.09. The third kappa shape index (κ3) is 4.66. The second-order valence-corrected chi connectivity index (χ2v) is 5.97. The molecular weight excluding hydrogens is 353 g/mol. The summed E-state index contributed by atoms with van der Waals surface area (Å²) in [7, 11) is 0. The van der Waals surface area contributed by atoms with Crippen LogP contribution in [-0.4, -0.2) is 27.5 Å². The monoisotopic (exact) mass is 367 g/mol. The molecule has 2 aromatic rings. The van der Waals surface area contributed by atoms with Crippen molar-refractivity contribution in [2.24, 2.45) is 0 Å². The summed E-state index contributed by atoms with van der Waals surface area (Å²) in [5.74, 6) is -0.694. The Labute approximate surface area is 148 Å². The minimum Gasteiger partial charge on any atom is -0.344 e. The summed E-state index contributed by atoms with van der Waals surface area (Å²) in [5, 5.41) is 6.18. The Bertz CT molecular complexity index is 806. The second kappa shape index (κ2) is 8.08. The molecule has 1 heterocycles. The quantitative estimate of drug-likeness (QED) is 0.844. The molecule has 2 rings (SSSR count). The molecule has 1 aromatic carbocycles. The van der Waals surface area contributed by atoms with E-state index in [1.165, 1.54) is 13.1 Å². The van der Waals surface area contributed by atoms with E-state index >= 15 is 0 Å². The van der Waals surface area contributed by atoms with Crippen LogP contribution in [0.4, 0.5) is 0 Å². The van der Waals surface area contributed by atoms with Crippen LogP contribution in [0.5, 0.6) is 0 Å². The Kier molecular flexibility index (Phi) is 6.11. The maximum Gasteiger partial charge on any atom is 0.287 e. The van der Waals surface area contributed by atoms with Gasteiger partial charge in [-0.1, -0.05) is 53.5 Å². The highest BCUT2D eigenvalue weighted by Gasteiger charge is 2.19. The molecule has 1 N–H and O–H groups in total.